The van der Waals surface area contributed by atoms with Crippen LogP contribution in [0.5, 0.6) is 5.75 Å². The minimum Gasteiger partial charge on any atom is -0.486 e. The van der Waals surface area contributed by atoms with E-state index in [0.29, 0.717) is 17.3 Å². The van der Waals surface area contributed by atoms with Crippen molar-refractivity contribution in [3.05, 3.63) is 77.3 Å². The number of aliphatic carboxylic acids is 1. The fourth-order valence-corrected chi connectivity index (χ4v) is 3.58. The van der Waals surface area contributed by atoms with Crippen LogP contribution in [-0.4, -0.2) is 16.8 Å². The van der Waals surface area contributed by atoms with Crippen molar-refractivity contribution >= 4 is 17.7 Å². The first-order chi connectivity index (χ1) is 13.4. The third-order valence-electron chi connectivity index (χ3n) is 4.23. The van der Waals surface area contributed by atoms with Gasteiger partial charge < -0.3 is 14.3 Å². The fraction of sp³-hybridized carbons (Fsp3) is 0.227. The predicted molar refractivity (Wildman–Crippen MR) is 108 cm³/mol. The molecule has 28 heavy (non-hydrogen) atoms. The van der Waals surface area contributed by atoms with E-state index < -0.39 is 5.97 Å². The van der Waals surface area contributed by atoms with Gasteiger partial charge >= 0.3 is 5.97 Å². The van der Waals surface area contributed by atoms with E-state index in [0.717, 1.165) is 22.5 Å². The number of halogens is 1. The van der Waals surface area contributed by atoms with Crippen molar-refractivity contribution in [2.75, 3.05) is 5.75 Å². The van der Waals surface area contributed by atoms with E-state index >= 15 is 0 Å². The summed E-state index contributed by atoms with van der Waals surface area (Å²) in [6.07, 6.45) is -0.236. The van der Waals surface area contributed by atoms with Crippen molar-refractivity contribution in [2.24, 2.45) is 0 Å². The molecule has 0 aliphatic carbocycles. The summed E-state index contributed by atoms with van der Waals surface area (Å²) >= 11 is 1.35. The lowest BCUT2D eigenvalue weighted by Gasteiger charge is -2.15. The molecule has 1 unspecified atom stereocenters. The third kappa shape index (κ3) is 5.16. The molecular weight excluding hydrogens is 379 g/mol. The highest BCUT2D eigenvalue weighted by molar-refractivity contribution is 7.99. The Bertz CT molecular complexity index is 949. The lowest BCUT2D eigenvalue weighted by Crippen LogP contribution is -2.03. The van der Waals surface area contributed by atoms with Gasteiger partial charge in [-0.05, 0) is 61.9 Å². The molecule has 146 valence electrons. The first-order valence-corrected chi connectivity index (χ1v) is 9.99. The molecule has 3 rings (SSSR count). The van der Waals surface area contributed by atoms with Gasteiger partial charge in [-0.15, -0.1) is 11.8 Å². The number of ether oxygens (including phenoxy) is 1. The van der Waals surface area contributed by atoms with Crippen LogP contribution in [0.1, 0.15) is 29.9 Å². The van der Waals surface area contributed by atoms with Crippen molar-refractivity contribution in [3.63, 3.8) is 0 Å². The Balaban J connectivity index is 1.70. The highest BCUT2D eigenvalue weighted by atomic mass is 32.2. The Morgan fingerprint density at radius 2 is 1.96 bits per heavy atom. The minimum absolute atomic E-state index is 0.0713. The molecule has 0 aliphatic rings. The topological polar surface area (TPSA) is 59.7 Å². The number of aryl methyl sites for hydroxylation is 1. The van der Waals surface area contributed by atoms with Gasteiger partial charge in [0.25, 0.3) is 0 Å². The second-order valence-corrected chi connectivity index (χ2v) is 7.41. The van der Waals surface area contributed by atoms with Gasteiger partial charge in [0.05, 0.1) is 5.75 Å². The maximum absolute atomic E-state index is 13.1. The lowest BCUT2D eigenvalue weighted by atomic mass is 10.1. The molecule has 1 atom stereocenters. The number of rotatable bonds is 8. The SMILES string of the molecule is Cc1oc(-c2ccc(F)cc2)cc1C(C)Oc1cccc(CSCC(=O)O)c1. The Morgan fingerprint density at radius 1 is 1.21 bits per heavy atom. The van der Waals surface area contributed by atoms with E-state index in [9.17, 15) is 9.18 Å². The fourth-order valence-electron chi connectivity index (χ4n) is 2.89. The van der Waals surface area contributed by atoms with Crippen LogP contribution in [0.4, 0.5) is 4.39 Å². The van der Waals surface area contributed by atoms with Crippen molar-refractivity contribution in [2.45, 2.75) is 25.7 Å². The Hall–Kier alpha value is -2.73. The summed E-state index contributed by atoms with van der Waals surface area (Å²) in [5, 5.41) is 8.74. The van der Waals surface area contributed by atoms with E-state index in [4.69, 9.17) is 14.3 Å². The summed E-state index contributed by atoms with van der Waals surface area (Å²) in [6.45, 7) is 3.82. The largest absolute Gasteiger partial charge is 0.486 e. The number of hydrogen-bond donors (Lipinski definition) is 1. The standard InChI is InChI=1S/C22H21FO4S/c1-14(26-19-5-3-4-16(10-19)12-28-13-22(24)25)20-11-21(27-15(20)2)17-6-8-18(23)9-7-17/h3-11,14H,12-13H2,1-2H3,(H,24,25). The maximum Gasteiger partial charge on any atom is 0.313 e. The maximum atomic E-state index is 13.1. The normalized spacial score (nSPS) is 12.0. The summed E-state index contributed by atoms with van der Waals surface area (Å²) in [7, 11) is 0. The molecule has 4 nitrogen and oxygen atoms in total. The predicted octanol–water partition coefficient (Wildman–Crippen LogP) is 5.85. The van der Waals surface area contributed by atoms with Crippen LogP contribution in [0.15, 0.2) is 59.0 Å². The van der Waals surface area contributed by atoms with Crippen LogP contribution < -0.4 is 4.74 Å². The monoisotopic (exact) mass is 400 g/mol. The van der Waals surface area contributed by atoms with Crippen molar-refractivity contribution in [1.82, 2.24) is 0 Å². The van der Waals surface area contributed by atoms with E-state index in [1.165, 1.54) is 23.9 Å². The van der Waals surface area contributed by atoms with Crippen LogP contribution >= 0.6 is 11.8 Å². The van der Waals surface area contributed by atoms with Gasteiger partial charge in [-0.25, -0.2) is 4.39 Å². The second kappa shape index (κ2) is 8.97. The molecule has 0 spiro atoms. The van der Waals surface area contributed by atoms with Gasteiger partial charge in [0.1, 0.15) is 29.2 Å². The Morgan fingerprint density at radius 3 is 2.68 bits per heavy atom. The zero-order valence-corrected chi connectivity index (χ0v) is 16.5. The molecule has 0 aliphatic heterocycles. The molecule has 0 saturated heterocycles. The molecule has 0 saturated carbocycles. The van der Waals surface area contributed by atoms with Gasteiger partial charge in [-0.3, -0.25) is 4.79 Å². The number of furan rings is 1. The second-order valence-electron chi connectivity index (χ2n) is 6.42. The first-order valence-electron chi connectivity index (χ1n) is 8.84. The average Bonchev–Trinajstić information content (AvgIpc) is 3.04. The lowest BCUT2D eigenvalue weighted by molar-refractivity contribution is -0.133. The number of hydrogen-bond acceptors (Lipinski definition) is 4. The zero-order valence-electron chi connectivity index (χ0n) is 15.6. The Kier molecular flexibility index (Phi) is 6.41. The van der Waals surface area contributed by atoms with Crippen LogP contribution in [0, 0.1) is 12.7 Å². The van der Waals surface area contributed by atoms with Crippen LogP contribution in [0.3, 0.4) is 0 Å². The summed E-state index contributed by atoms with van der Waals surface area (Å²) in [6, 6.07) is 15.7. The quantitative estimate of drug-likeness (QED) is 0.514. The number of carboxylic acid groups (broad SMARTS) is 1. The molecule has 0 amide bonds. The van der Waals surface area contributed by atoms with Crippen molar-refractivity contribution < 1.29 is 23.4 Å². The summed E-state index contributed by atoms with van der Waals surface area (Å²) < 4.78 is 25.0. The highest BCUT2D eigenvalue weighted by Gasteiger charge is 2.17. The smallest absolute Gasteiger partial charge is 0.313 e. The third-order valence-corrected chi connectivity index (χ3v) is 5.22. The van der Waals surface area contributed by atoms with Gasteiger partial charge in [-0.2, -0.15) is 0 Å². The molecule has 6 heteroatoms. The van der Waals surface area contributed by atoms with Crippen LogP contribution in [-0.2, 0) is 10.5 Å². The van der Waals surface area contributed by atoms with Gasteiger partial charge in [0.2, 0.25) is 0 Å². The molecule has 0 radical (unpaired) electrons. The van der Waals surface area contributed by atoms with Crippen molar-refractivity contribution in [3.8, 4) is 17.1 Å². The van der Waals surface area contributed by atoms with Gasteiger partial charge in [0.15, 0.2) is 0 Å². The summed E-state index contributed by atoms with van der Waals surface area (Å²) in [4.78, 5) is 10.6. The first kappa shape index (κ1) is 20.0. The molecular formula is C22H21FO4S. The number of thioether (sulfide) groups is 1. The minimum atomic E-state index is -0.821. The number of carboxylic acids is 1. The van der Waals surface area contributed by atoms with Crippen molar-refractivity contribution in [1.29, 1.82) is 0 Å². The molecule has 1 N–H and O–H groups in total. The Labute approximate surface area is 167 Å². The highest BCUT2D eigenvalue weighted by Crippen LogP contribution is 2.32. The number of carbonyl (C=O) groups is 1. The van der Waals surface area contributed by atoms with Gasteiger partial charge in [-0.1, -0.05) is 12.1 Å². The molecule has 3 aromatic rings. The number of benzene rings is 2. The molecule has 1 heterocycles. The molecule has 0 bridgehead atoms. The van der Waals surface area contributed by atoms with E-state index in [-0.39, 0.29) is 17.7 Å². The summed E-state index contributed by atoms with van der Waals surface area (Å²) in [5.41, 5.74) is 2.73. The van der Waals surface area contributed by atoms with Gasteiger partial charge in [0, 0.05) is 16.9 Å². The van der Waals surface area contributed by atoms with Crippen LogP contribution in [0.25, 0.3) is 11.3 Å². The van der Waals surface area contributed by atoms with Crippen LogP contribution in [0.2, 0.25) is 0 Å². The molecule has 2 aromatic carbocycles. The molecule has 0 fully saturated rings. The van der Waals surface area contributed by atoms with E-state index in [1.54, 1.807) is 12.1 Å². The summed E-state index contributed by atoms with van der Waals surface area (Å²) in [5.74, 6) is 1.70. The van der Waals surface area contributed by atoms with E-state index in [1.807, 2.05) is 44.2 Å². The zero-order chi connectivity index (χ0) is 20.1. The average molecular weight is 400 g/mol. The van der Waals surface area contributed by atoms with E-state index in [2.05, 4.69) is 0 Å². The molecule has 1 aromatic heterocycles.